The van der Waals surface area contributed by atoms with E-state index in [2.05, 4.69) is 15.9 Å². The van der Waals surface area contributed by atoms with Crippen LogP contribution >= 0.6 is 27.7 Å². The van der Waals surface area contributed by atoms with Crippen molar-refractivity contribution in [3.05, 3.63) is 104 Å². The Balaban J connectivity index is 1.44. The molecule has 0 atom stereocenters. The number of benzene rings is 3. The fourth-order valence-electron chi connectivity index (χ4n) is 3.13. The number of aryl methyl sites for hydroxylation is 1. The summed E-state index contributed by atoms with van der Waals surface area (Å²) >= 11 is 4.43. The SMILES string of the molecule is Cc1ccc(CN2C(=O)S/C(=C\c3ccc(OCc4ccc(F)cc4)c(Br)c3)C2=O)cc1. The Morgan fingerprint density at radius 3 is 2.38 bits per heavy atom. The van der Waals surface area contributed by atoms with Crippen LogP contribution in [0.4, 0.5) is 9.18 Å². The van der Waals surface area contributed by atoms with Gasteiger partial charge >= 0.3 is 0 Å². The molecule has 1 saturated heterocycles. The van der Waals surface area contributed by atoms with Gasteiger partial charge < -0.3 is 4.74 Å². The maximum atomic E-state index is 13.0. The highest BCUT2D eigenvalue weighted by Crippen LogP contribution is 2.35. The largest absolute Gasteiger partial charge is 0.488 e. The second kappa shape index (κ2) is 9.71. The molecule has 7 heteroatoms. The Morgan fingerprint density at radius 1 is 1.00 bits per heavy atom. The zero-order chi connectivity index (χ0) is 22.7. The Kier molecular flexibility index (Phi) is 6.77. The monoisotopic (exact) mass is 511 g/mol. The molecule has 0 radical (unpaired) electrons. The van der Waals surface area contributed by atoms with Crippen molar-refractivity contribution in [1.82, 2.24) is 4.90 Å². The number of ether oxygens (including phenoxy) is 1. The standard InChI is InChI=1S/C25H19BrFNO3S/c1-16-2-4-17(5-3-16)14-28-24(29)23(32-25(28)30)13-19-8-11-22(21(26)12-19)31-15-18-6-9-20(27)10-7-18/h2-13H,14-15H2,1H3/b23-13-. The summed E-state index contributed by atoms with van der Waals surface area (Å²) in [6.45, 7) is 2.54. The van der Waals surface area contributed by atoms with E-state index in [9.17, 15) is 14.0 Å². The maximum absolute atomic E-state index is 13.0. The lowest BCUT2D eigenvalue weighted by Crippen LogP contribution is -2.27. The molecule has 0 bridgehead atoms. The predicted molar refractivity (Wildman–Crippen MR) is 128 cm³/mol. The number of carbonyl (C=O) groups excluding carboxylic acids is 2. The van der Waals surface area contributed by atoms with Crippen molar-refractivity contribution in [2.24, 2.45) is 0 Å². The molecule has 1 aliphatic rings. The molecule has 2 amide bonds. The average molecular weight is 512 g/mol. The highest BCUT2D eigenvalue weighted by Gasteiger charge is 2.34. The number of imide groups is 1. The third-order valence-electron chi connectivity index (χ3n) is 4.90. The number of nitrogens with zero attached hydrogens (tertiary/aromatic N) is 1. The van der Waals surface area contributed by atoms with Crippen LogP contribution in [0.15, 0.2) is 76.1 Å². The van der Waals surface area contributed by atoms with Crippen LogP contribution in [-0.4, -0.2) is 16.0 Å². The minimum absolute atomic E-state index is 0.252. The highest BCUT2D eigenvalue weighted by molar-refractivity contribution is 9.10. The topological polar surface area (TPSA) is 46.6 Å². The van der Waals surface area contributed by atoms with E-state index in [0.29, 0.717) is 21.7 Å². The van der Waals surface area contributed by atoms with Gasteiger partial charge in [-0.05, 0) is 81.6 Å². The van der Waals surface area contributed by atoms with E-state index in [1.54, 1.807) is 24.3 Å². The van der Waals surface area contributed by atoms with E-state index in [1.807, 2.05) is 43.3 Å². The first-order valence-electron chi connectivity index (χ1n) is 9.87. The molecule has 0 unspecified atom stereocenters. The third-order valence-corrected chi connectivity index (χ3v) is 6.42. The molecule has 1 fully saturated rings. The Labute approximate surface area is 198 Å². The number of halogens is 2. The Hall–Kier alpha value is -2.90. The molecular weight excluding hydrogens is 493 g/mol. The molecule has 4 nitrogen and oxygen atoms in total. The summed E-state index contributed by atoms with van der Waals surface area (Å²) in [5.74, 6) is 0.0369. The van der Waals surface area contributed by atoms with Crippen LogP contribution in [0.5, 0.6) is 5.75 Å². The fraction of sp³-hybridized carbons (Fsp3) is 0.120. The summed E-state index contributed by atoms with van der Waals surface area (Å²) in [4.78, 5) is 26.8. The molecule has 0 N–H and O–H groups in total. The van der Waals surface area contributed by atoms with Gasteiger partial charge in [-0.1, -0.05) is 48.0 Å². The lowest BCUT2D eigenvalue weighted by Gasteiger charge is -2.12. The number of amides is 2. The van der Waals surface area contributed by atoms with Gasteiger partial charge in [0.2, 0.25) is 0 Å². The van der Waals surface area contributed by atoms with Crippen molar-refractivity contribution >= 4 is 44.9 Å². The first-order chi connectivity index (χ1) is 15.4. The minimum Gasteiger partial charge on any atom is -0.488 e. The first-order valence-corrected chi connectivity index (χ1v) is 11.5. The van der Waals surface area contributed by atoms with Gasteiger partial charge in [-0.15, -0.1) is 0 Å². The molecule has 4 rings (SSSR count). The fourth-order valence-corrected chi connectivity index (χ4v) is 4.48. The molecule has 32 heavy (non-hydrogen) atoms. The molecule has 1 heterocycles. The molecule has 1 aliphatic heterocycles. The van der Waals surface area contributed by atoms with Crippen molar-refractivity contribution in [3.63, 3.8) is 0 Å². The van der Waals surface area contributed by atoms with Crippen LogP contribution in [0.1, 0.15) is 22.3 Å². The average Bonchev–Trinajstić information content (AvgIpc) is 3.03. The summed E-state index contributed by atoms with van der Waals surface area (Å²) in [7, 11) is 0. The maximum Gasteiger partial charge on any atom is 0.293 e. The zero-order valence-electron chi connectivity index (χ0n) is 17.2. The summed E-state index contributed by atoms with van der Waals surface area (Å²) in [6.07, 6.45) is 1.70. The van der Waals surface area contributed by atoms with Crippen LogP contribution in [0.25, 0.3) is 6.08 Å². The van der Waals surface area contributed by atoms with Crippen molar-refractivity contribution in [3.8, 4) is 5.75 Å². The van der Waals surface area contributed by atoms with E-state index >= 15 is 0 Å². The molecule has 0 aromatic heterocycles. The van der Waals surface area contributed by atoms with Gasteiger partial charge in [-0.3, -0.25) is 14.5 Å². The third kappa shape index (κ3) is 5.29. The van der Waals surface area contributed by atoms with Crippen LogP contribution in [-0.2, 0) is 17.9 Å². The van der Waals surface area contributed by atoms with Gasteiger partial charge in [-0.2, -0.15) is 0 Å². The smallest absolute Gasteiger partial charge is 0.293 e. The molecule has 3 aromatic carbocycles. The predicted octanol–water partition coefficient (Wildman–Crippen LogP) is 6.71. The number of thioether (sulfide) groups is 1. The van der Waals surface area contributed by atoms with E-state index < -0.39 is 0 Å². The van der Waals surface area contributed by atoms with Crippen molar-refractivity contribution in [2.45, 2.75) is 20.1 Å². The van der Waals surface area contributed by atoms with Gasteiger partial charge in [-0.25, -0.2) is 4.39 Å². The van der Waals surface area contributed by atoms with E-state index in [-0.39, 0.29) is 23.5 Å². The van der Waals surface area contributed by atoms with Crippen molar-refractivity contribution in [1.29, 1.82) is 0 Å². The first kappa shape index (κ1) is 22.3. The Bertz CT molecular complexity index is 1190. The summed E-state index contributed by atoms with van der Waals surface area (Å²) in [5, 5.41) is -0.278. The molecule has 0 aliphatic carbocycles. The second-order valence-corrected chi connectivity index (χ2v) is 9.21. The van der Waals surface area contributed by atoms with Gasteiger partial charge in [0.25, 0.3) is 11.1 Å². The van der Waals surface area contributed by atoms with Crippen LogP contribution in [0.2, 0.25) is 0 Å². The summed E-state index contributed by atoms with van der Waals surface area (Å²) in [6, 6.07) is 19.3. The van der Waals surface area contributed by atoms with Gasteiger partial charge in [0.05, 0.1) is 15.9 Å². The molecule has 0 saturated carbocycles. The summed E-state index contributed by atoms with van der Waals surface area (Å²) < 4.78 is 19.5. The normalized spacial score (nSPS) is 15.0. The highest BCUT2D eigenvalue weighted by atomic mass is 79.9. The number of carbonyl (C=O) groups is 2. The van der Waals surface area contributed by atoms with E-state index in [4.69, 9.17) is 4.74 Å². The molecular formula is C25H19BrFNO3S. The lowest BCUT2D eigenvalue weighted by atomic mass is 10.1. The summed E-state index contributed by atoms with van der Waals surface area (Å²) in [5.41, 5.74) is 3.65. The molecule has 0 spiro atoms. The van der Waals surface area contributed by atoms with Crippen LogP contribution < -0.4 is 4.74 Å². The number of hydrogen-bond acceptors (Lipinski definition) is 4. The number of rotatable bonds is 6. The van der Waals surface area contributed by atoms with Gasteiger partial charge in [0.1, 0.15) is 18.2 Å². The quantitative estimate of drug-likeness (QED) is 0.345. The van der Waals surface area contributed by atoms with Crippen LogP contribution in [0, 0.1) is 12.7 Å². The number of hydrogen-bond donors (Lipinski definition) is 0. The van der Waals surface area contributed by atoms with Gasteiger partial charge in [0.15, 0.2) is 0 Å². The van der Waals surface area contributed by atoms with E-state index in [0.717, 1.165) is 34.0 Å². The van der Waals surface area contributed by atoms with Crippen LogP contribution in [0.3, 0.4) is 0 Å². The van der Waals surface area contributed by atoms with Crippen molar-refractivity contribution < 1.29 is 18.7 Å². The lowest BCUT2D eigenvalue weighted by molar-refractivity contribution is -0.123. The van der Waals surface area contributed by atoms with Gasteiger partial charge in [0, 0.05) is 0 Å². The van der Waals surface area contributed by atoms with Crippen molar-refractivity contribution in [2.75, 3.05) is 0 Å². The molecule has 3 aromatic rings. The zero-order valence-corrected chi connectivity index (χ0v) is 19.6. The Morgan fingerprint density at radius 2 is 1.69 bits per heavy atom. The minimum atomic E-state index is -0.298. The second-order valence-electron chi connectivity index (χ2n) is 7.36. The van der Waals surface area contributed by atoms with E-state index in [1.165, 1.54) is 17.0 Å². The molecule has 162 valence electrons.